The fourth-order valence-corrected chi connectivity index (χ4v) is 4.64. The highest BCUT2D eigenvalue weighted by atomic mass is 28.4. The van der Waals surface area contributed by atoms with Crippen molar-refractivity contribution in [2.45, 2.75) is 44.8 Å². The van der Waals surface area contributed by atoms with E-state index in [1.807, 2.05) is 0 Å². The van der Waals surface area contributed by atoms with Crippen LogP contribution >= 0.6 is 0 Å². The van der Waals surface area contributed by atoms with E-state index in [0.717, 1.165) is 32.5 Å². The molecule has 0 aliphatic carbocycles. The lowest BCUT2D eigenvalue weighted by atomic mass is 10.2. The monoisotopic (exact) mass is 218 g/mol. The van der Waals surface area contributed by atoms with Crippen molar-refractivity contribution < 1.29 is 4.43 Å². The Labute approximate surface area is 89.3 Å². The van der Waals surface area contributed by atoms with E-state index >= 15 is 0 Å². The Morgan fingerprint density at radius 2 is 1.79 bits per heavy atom. The fourth-order valence-electron chi connectivity index (χ4n) is 1.89. The van der Waals surface area contributed by atoms with Gasteiger partial charge in [0.25, 0.3) is 0 Å². The minimum absolute atomic E-state index is 0.663. The number of nitrogens with two attached hydrogens (primary N) is 2. The predicted molar refractivity (Wildman–Crippen MR) is 64.8 cm³/mol. The van der Waals surface area contributed by atoms with Crippen LogP contribution in [0.1, 0.15) is 26.2 Å². The molecular weight excluding hydrogens is 192 g/mol. The molecule has 0 saturated heterocycles. The first-order valence-electron chi connectivity index (χ1n) is 5.62. The van der Waals surface area contributed by atoms with E-state index in [1.54, 1.807) is 0 Å². The molecule has 86 valence electrons. The average molecular weight is 218 g/mol. The van der Waals surface area contributed by atoms with E-state index in [9.17, 15) is 0 Å². The summed E-state index contributed by atoms with van der Waals surface area (Å²) in [5, 5.41) is 0. The molecule has 0 spiro atoms. The van der Waals surface area contributed by atoms with Gasteiger partial charge in [-0.1, -0.05) is 0 Å². The number of hydrogen-bond acceptors (Lipinski definition) is 3. The second-order valence-electron chi connectivity index (χ2n) is 4.24. The zero-order valence-electron chi connectivity index (χ0n) is 9.88. The van der Waals surface area contributed by atoms with Crippen LogP contribution in [-0.4, -0.2) is 28.0 Å². The van der Waals surface area contributed by atoms with Crippen LogP contribution in [0.3, 0.4) is 0 Å². The highest BCUT2D eigenvalue weighted by molar-refractivity contribution is 6.72. The zero-order chi connectivity index (χ0) is 11.0. The molecule has 1 unspecified atom stereocenters. The topological polar surface area (TPSA) is 61.3 Å². The van der Waals surface area contributed by atoms with E-state index in [1.165, 1.54) is 6.42 Å². The minimum Gasteiger partial charge on any atom is -0.417 e. The van der Waals surface area contributed by atoms with Crippen LogP contribution < -0.4 is 11.5 Å². The first-order valence-corrected chi connectivity index (χ1v) is 8.61. The Bertz CT molecular complexity index is 142. The third-order valence-corrected chi connectivity index (χ3v) is 6.35. The molecule has 0 fully saturated rings. The molecule has 0 aromatic carbocycles. The van der Waals surface area contributed by atoms with E-state index in [0.29, 0.717) is 5.54 Å². The van der Waals surface area contributed by atoms with Crippen LogP contribution in [0.25, 0.3) is 0 Å². The lowest BCUT2D eigenvalue weighted by Gasteiger charge is -2.31. The number of rotatable bonds is 8. The van der Waals surface area contributed by atoms with Gasteiger partial charge in [-0.15, -0.1) is 0 Å². The normalized spacial score (nSPS) is 14.4. The van der Waals surface area contributed by atoms with Crippen molar-refractivity contribution in [1.82, 2.24) is 0 Å². The second kappa shape index (κ2) is 7.40. The first kappa shape index (κ1) is 14.1. The van der Waals surface area contributed by atoms with E-state index in [-0.39, 0.29) is 0 Å². The van der Waals surface area contributed by atoms with E-state index in [4.69, 9.17) is 15.9 Å². The Balaban J connectivity index is 4.14. The maximum Gasteiger partial charge on any atom is 0.189 e. The van der Waals surface area contributed by atoms with Gasteiger partial charge < -0.3 is 15.9 Å². The molecule has 3 nitrogen and oxygen atoms in total. The van der Waals surface area contributed by atoms with Crippen molar-refractivity contribution in [2.75, 3.05) is 19.7 Å². The van der Waals surface area contributed by atoms with Gasteiger partial charge in [0, 0.05) is 6.61 Å². The van der Waals surface area contributed by atoms with Crippen LogP contribution in [0.5, 0.6) is 0 Å². The van der Waals surface area contributed by atoms with Crippen molar-refractivity contribution in [3.05, 3.63) is 0 Å². The molecule has 0 saturated carbocycles. The van der Waals surface area contributed by atoms with Crippen molar-refractivity contribution >= 4 is 8.32 Å². The molecular formula is C10H26N2OSi. The van der Waals surface area contributed by atoms with Gasteiger partial charge in [0.1, 0.15) is 0 Å². The molecule has 1 atom stereocenters. The van der Waals surface area contributed by atoms with Crippen LogP contribution in [0.2, 0.25) is 18.6 Å². The molecule has 14 heavy (non-hydrogen) atoms. The molecule has 0 bridgehead atoms. The summed E-state index contributed by atoms with van der Waals surface area (Å²) in [6.07, 6.45) is 3.35. The second-order valence-corrected chi connectivity index (χ2v) is 8.55. The summed E-state index contributed by atoms with van der Waals surface area (Å²) in [5.74, 6) is 0. The summed E-state index contributed by atoms with van der Waals surface area (Å²) in [6, 6.07) is 0. The van der Waals surface area contributed by atoms with Crippen LogP contribution in [0.4, 0.5) is 0 Å². The van der Waals surface area contributed by atoms with Crippen LogP contribution in [0.15, 0.2) is 0 Å². The highest BCUT2D eigenvalue weighted by Gasteiger charge is 2.31. The smallest absolute Gasteiger partial charge is 0.189 e. The third-order valence-electron chi connectivity index (χ3n) is 2.77. The molecule has 0 heterocycles. The lowest BCUT2D eigenvalue weighted by Crippen LogP contribution is -2.38. The van der Waals surface area contributed by atoms with Gasteiger partial charge in [-0.05, 0) is 57.9 Å². The molecule has 0 aliphatic heterocycles. The summed E-state index contributed by atoms with van der Waals surface area (Å²) in [6.45, 7) is 9.00. The van der Waals surface area contributed by atoms with E-state index in [2.05, 4.69) is 20.0 Å². The standard InChI is InChI=1S/C10H26N2OSi/c1-4-13-14(2,3)10(7-9-12)6-5-8-11/h10H,4-9,11-12H2,1-3H3. The molecule has 0 rings (SSSR count). The molecule has 4 N–H and O–H groups in total. The Morgan fingerprint density at radius 3 is 2.21 bits per heavy atom. The Hall–Kier alpha value is 0.0969. The first-order chi connectivity index (χ1) is 6.58. The fraction of sp³-hybridized carbons (Fsp3) is 1.00. The van der Waals surface area contributed by atoms with Gasteiger partial charge in [0.15, 0.2) is 8.32 Å². The predicted octanol–water partition coefficient (Wildman–Crippen LogP) is 1.69. The summed E-state index contributed by atoms with van der Waals surface area (Å²) in [7, 11) is -1.53. The van der Waals surface area contributed by atoms with Crippen molar-refractivity contribution in [3.8, 4) is 0 Å². The highest BCUT2D eigenvalue weighted by Crippen LogP contribution is 2.30. The minimum atomic E-state index is -1.53. The van der Waals surface area contributed by atoms with Gasteiger partial charge >= 0.3 is 0 Å². The average Bonchev–Trinajstić information content (AvgIpc) is 2.11. The van der Waals surface area contributed by atoms with Crippen molar-refractivity contribution in [1.29, 1.82) is 0 Å². The largest absolute Gasteiger partial charge is 0.417 e. The summed E-state index contributed by atoms with van der Waals surface area (Å²) < 4.78 is 5.88. The maximum absolute atomic E-state index is 5.88. The molecule has 0 aromatic rings. The summed E-state index contributed by atoms with van der Waals surface area (Å²) >= 11 is 0. The zero-order valence-corrected chi connectivity index (χ0v) is 10.9. The third kappa shape index (κ3) is 5.10. The molecule has 4 heteroatoms. The maximum atomic E-state index is 5.88. The quantitative estimate of drug-likeness (QED) is 0.609. The SMILES string of the molecule is CCO[Si](C)(C)C(CCN)CCCN. The molecule has 0 radical (unpaired) electrons. The Morgan fingerprint density at radius 1 is 1.14 bits per heavy atom. The summed E-state index contributed by atoms with van der Waals surface area (Å²) in [5.41, 5.74) is 11.8. The van der Waals surface area contributed by atoms with Crippen molar-refractivity contribution in [3.63, 3.8) is 0 Å². The van der Waals surface area contributed by atoms with E-state index < -0.39 is 8.32 Å². The Kier molecular flexibility index (Phi) is 7.45. The van der Waals surface area contributed by atoms with Gasteiger partial charge in [-0.3, -0.25) is 0 Å². The van der Waals surface area contributed by atoms with Crippen LogP contribution in [0, 0.1) is 0 Å². The van der Waals surface area contributed by atoms with Gasteiger partial charge in [0.05, 0.1) is 0 Å². The molecule has 0 aliphatic rings. The van der Waals surface area contributed by atoms with Crippen molar-refractivity contribution in [2.24, 2.45) is 11.5 Å². The molecule has 0 aromatic heterocycles. The molecule has 0 amide bonds. The number of hydrogen-bond donors (Lipinski definition) is 2. The van der Waals surface area contributed by atoms with Gasteiger partial charge in [-0.25, -0.2) is 0 Å². The summed E-state index contributed by atoms with van der Waals surface area (Å²) in [4.78, 5) is 0. The van der Waals surface area contributed by atoms with Gasteiger partial charge in [0.2, 0.25) is 0 Å². The lowest BCUT2D eigenvalue weighted by molar-refractivity contribution is 0.314. The van der Waals surface area contributed by atoms with Gasteiger partial charge in [-0.2, -0.15) is 0 Å². The van der Waals surface area contributed by atoms with Crippen LogP contribution in [-0.2, 0) is 4.43 Å².